The molecule has 1 aromatic heterocycles. The largest absolute Gasteiger partial charge is 0.422 e. The highest BCUT2D eigenvalue weighted by atomic mass is 16.4. The van der Waals surface area contributed by atoms with Gasteiger partial charge < -0.3 is 4.42 Å². The predicted octanol–water partition coefficient (Wildman–Crippen LogP) is 3.90. The summed E-state index contributed by atoms with van der Waals surface area (Å²) in [5.41, 5.74) is 1.53. The zero-order valence-corrected chi connectivity index (χ0v) is 10.3. The lowest BCUT2D eigenvalue weighted by molar-refractivity contribution is 0.561. The van der Waals surface area contributed by atoms with Gasteiger partial charge in [-0.1, -0.05) is 49.7 Å². The van der Waals surface area contributed by atoms with Gasteiger partial charge in [0, 0.05) is 16.8 Å². The van der Waals surface area contributed by atoms with Gasteiger partial charge in [-0.15, -0.1) is 0 Å². The highest BCUT2D eigenvalue weighted by Gasteiger charge is 2.08. The monoisotopic (exact) mass is 238 g/mol. The van der Waals surface area contributed by atoms with Crippen LogP contribution in [0.25, 0.3) is 21.7 Å². The van der Waals surface area contributed by atoms with Crippen LogP contribution < -0.4 is 5.63 Å². The van der Waals surface area contributed by atoms with Crippen LogP contribution >= 0.6 is 0 Å². The van der Waals surface area contributed by atoms with Gasteiger partial charge in [0.15, 0.2) is 0 Å². The summed E-state index contributed by atoms with van der Waals surface area (Å²) < 4.78 is 5.41. The van der Waals surface area contributed by atoms with E-state index in [4.69, 9.17) is 4.42 Å². The van der Waals surface area contributed by atoms with Gasteiger partial charge in [0.25, 0.3) is 0 Å². The van der Waals surface area contributed by atoms with Gasteiger partial charge in [-0.2, -0.15) is 0 Å². The fraction of sp³-hybridized carbons (Fsp3) is 0.188. The quantitative estimate of drug-likeness (QED) is 0.500. The second-order valence-corrected chi connectivity index (χ2v) is 4.50. The van der Waals surface area contributed by atoms with E-state index in [0.717, 1.165) is 34.6 Å². The number of hydrogen-bond acceptors (Lipinski definition) is 2. The summed E-state index contributed by atoms with van der Waals surface area (Å²) in [6, 6.07) is 13.7. The fourth-order valence-corrected chi connectivity index (χ4v) is 2.43. The molecule has 1 heterocycles. The number of hydrogen-bond donors (Lipinski definition) is 0. The van der Waals surface area contributed by atoms with Gasteiger partial charge in [0.1, 0.15) is 5.58 Å². The molecule has 3 rings (SSSR count). The van der Waals surface area contributed by atoms with Crippen LogP contribution in [0.15, 0.2) is 51.7 Å². The van der Waals surface area contributed by atoms with Crippen molar-refractivity contribution in [1.29, 1.82) is 0 Å². The first-order valence-electron chi connectivity index (χ1n) is 6.24. The molecule has 2 heteroatoms. The Morgan fingerprint density at radius 3 is 2.72 bits per heavy atom. The highest BCUT2D eigenvalue weighted by molar-refractivity contribution is 6.04. The molecule has 0 atom stereocenters. The smallest absolute Gasteiger partial charge is 0.336 e. The second kappa shape index (κ2) is 4.30. The maximum atomic E-state index is 11.7. The minimum Gasteiger partial charge on any atom is -0.422 e. The van der Waals surface area contributed by atoms with Gasteiger partial charge in [-0.3, -0.25) is 0 Å². The van der Waals surface area contributed by atoms with Gasteiger partial charge in [-0.25, -0.2) is 4.79 Å². The van der Waals surface area contributed by atoms with Gasteiger partial charge in [-0.05, 0) is 17.4 Å². The summed E-state index contributed by atoms with van der Waals surface area (Å²) in [5.74, 6) is 0. The molecular weight excluding hydrogens is 224 g/mol. The van der Waals surface area contributed by atoms with Crippen molar-refractivity contribution in [3.8, 4) is 0 Å². The maximum absolute atomic E-state index is 11.7. The zero-order valence-electron chi connectivity index (χ0n) is 10.3. The predicted molar refractivity (Wildman–Crippen MR) is 74.0 cm³/mol. The Labute approximate surface area is 105 Å². The molecule has 0 aliphatic rings. The first-order valence-corrected chi connectivity index (χ1v) is 6.24. The van der Waals surface area contributed by atoms with Gasteiger partial charge in [0.2, 0.25) is 0 Å². The molecule has 0 fully saturated rings. The van der Waals surface area contributed by atoms with E-state index < -0.39 is 0 Å². The van der Waals surface area contributed by atoms with Crippen LogP contribution in [0.3, 0.4) is 0 Å². The summed E-state index contributed by atoms with van der Waals surface area (Å²) in [7, 11) is 0. The molecule has 0 N–H and O–H groups in total. The van der Waals surface area contributed by atoms with Crippen molar-refractivity contribution in [2.75, 3.05) is 0 Å². The lowest BCUT2D eigenvalue weighted by Gasteiger charge is -2.06. The average molecular weight is 238 g/mol. The third kappa shape index (κ3) is 1.70. The topological polar surface area (TPSA) is 30.2 Å². The Kier molecular flexibility index (Phi) is 2.63. The molecule has 0 aliphatic heterocycles. The van der Waals surface area contributed by atoms with E-state index in [0.29, 0.717) is 5.58 Å². The molecular formula is C16H14O2. The Hall–Kier alpha value is -2.09. The third-order valence-electron chi connectivity index (χ3n) is 3.24. The molecule has 0 unspecified atom stereocenters. The third-order valence-corrected chi connectivity index (χ3v) is 3.24. The molecule has 0 bridgehead atoms. The van der Waals surface area contributed by atoms with Crippen molar-refractivity contribution in [3.63, 3.8) is 0 Å². The molecule has 18 heavy (non-hydrogen) atoms. The molecule has 3 aromatic rings. The van der Waals surface area contributed by atoms with Crippen molar-refractivity contribution in [1.82, 2.24) is 0 Å². The molecule has 0 radical (unpaired) electrons. The molecule has 90 valence electrons. The Bertz CT molecular complexity index is 769. The van der Waals surface area contributed by atoms with Crippen molar-refractivity contribution < 1.29 is 4.42 Å². The first kappa shape index (κ1) is 11.0. The lowest BCUT2D eigenvalue weighted by Crippen LogP contribution is -2.00. The van der Waals surface area contributed by atoms with Crippen LogP contribution in [0.2, 0.25) is 0 Å². The van der Waals surface area contributed by atoms with Crippen LogP contribution in [0, 0.1) is 0 Å². The van der Waals surface area contributed by atoms with Crippen LogP contribution in [-0.4, -0.2) is 0 Å². The van der Waals surface area contributed by atoms with E-state index >= 15 is 0 Å². The van der Waals surface area contributed by atoms with Crippen molar-refractivity contribution in [2.24, 2.45) is 0 Å². The van der Waals surface area contributed by atoms with E-state index in [2.05, 4.69) is 13.0 Å². The summed E-state index contributed by atoms with van der Waals surface area (Å²) in [6.45, 7) is 2.11. The minimum absolute atomic E-state index is 0.262. The number of rotatable bonds is 2. The van der Waals surface area contributed by atoms with Crippen molar-refractivity contribution >= 4 is 21.7 Å². The summed E-state index contributed by atoms with van der Waals surface area (Å²) in [5, 5.41) is 3.15. The number of fused-ring (bicyclic) bond motifs is 3. The highest BCUT2D eigenvalue weighted by Crippen LogP contribution is 2.26. The van der Waals surface area contributed by atoms with E-state index in [1.807, 2.05) is 30.3 Å². The first-order chi connectivity index (χ1) is 8.79. The Morgan fingerprint density at radius 2 is 1.89 bits per heavy atom. The van der Waals surface area contributed by atoms with Crippen molar-refractivity contribution in [2.45, 2.75) is 19.8 Å². The number of aryl methyl sites for hydroxylation is 1. The summed E-state index contributed by atoms with van der Waals surface area (Å²) in [4.78, 5) is 11.7. The fourth-order valence-electron chi connectivity index (χ4n) is 2.43. The standard InChI is InChI=1S/C16H14O2/c1-2-5-12-10-15(17)18-16-13-7-4-3-6-11(13)8-9-14(12)16/h3-4,6-10H,2,5H2,1H3. The molecule has 0 saturated carbocycles. The van der Waals surface area contributed by atoms with Crippen LogP contribution in [-0.2, 0) is 6.42 Å². The van der Waals surface area contributed by atoms with Gasteiger partial charge >= 0.3 is 5.63 Å². The normalized spacial score (nSPS) is 11.2. The summed E-state index contributed by atoms with van der Waals surface area (Å²) in [6.07, 6.45) is 1.92. The molecule has 2 aromatic carbocycles. The van der Waals surface area contributed by atoms with Gasteiger partial charge in [0.05, 0.1) is 0 Å². The van der Waals surface area contributed by atoms with E-state index in [1.54, 1.807) is 6.07 Å². The summed E-state index contributed by atoms with van der Waals surface area (Å²) >= 11 is 0. The molecule has 0 amide bonds. The van der Waals surface area contributed by atoms with Crippen molar-refractivity contribution in [3.05, 3.63) is 58.4 Å². The van der Waals surface area contributed by atoms with Crippen LogP contribution in [0.5, 0.6) is 0 Å². The molecule has 0 saturated heterocycles. The molecule has 0 spiro atoms. The maximum Gasteiger partial charge on any atom is 0.336 e. The van der Waals surface area contributed by atoms with E-state index in [1.165, 1.54) is 0 Å². The number of benzene rings is 2. The molecule has 2 nitrogen and oxygen atoms in total. The van der Waals surface area contributed by atoms with E-state index in [-0.39, 0.29) is 5.63 Å². The van der Waals surface area contributed by atoms with Crippen LogP contribution in [0.4, 0.5) is 0 Å². The Balaban J connectivity index is 2.47. The SMILES string of the molecule is CCCc1cc(=O)oc2c1ccc1ccccc12. The zero-order chi connectivity index (χ0) is 12.5. The second-order valence-electron chi connectivity index (χ2n) is 4.50. The van der Waals surface area contributed by atoms with E-state index in [9.17, 15) is 4.79 Å². The molecule has 0 aliphatic carbocycles. The minimum atomic E-state index is -0.262. The Morgan fingerprint density at radius 1 is 1.06 bits per heavy atom. The average Bonchev–Trinajstić information content (AvgIpc) is 2.39. The van der Waals surface area contributed by atoms with Crippen LogP contribution in [0.1, 0.15) is 18.9 Å². The lowest BCUT2D eigenvalue weighted by atomic mass is 10.0.